The summed E-state index contributed by atoms with van der Waals surface area (Å²) in [5.41, 5.74) is -0.253. The number of nitrogens with zero attached hydrogens (tertiary/aromatic N) is 7. The molecule has 3 aromatic heterocycles. The van der Waals surface area contributed by atoms with Gasteiger partial charge in [-0.1, -0.05) is 37.1 Å². The molecule has 3 fully saturated rings. The van der Waals surface area contributed by atoms with Crippen LogP contribution in [0.4, 0.5) is 27.8 Å². The number of ether oxygens (including phenoxy) is 2. The molecule has 1 N–H and O–H groups in total. The predicted molar refractivity (Wildman–Crippen MR) is 204 cm³/mol. The molecular formula is C42H41F5N8O2. The summed E-state index contributed by atoms with van der Waals surface area (Å²) in [5.74, 6) is 1.68. The van der Waals surface area contributed by atoms with Crippen molar-refractivity contribution < 1.29 is 31.4 Å². The summed E-state index contributed by atoms with van der Waals surface area (Å²) in [5, 5.41) is 5.27. The largest absolute Gasteiger partial charge is 0.476 e. The molecule has 4 aliphatic rings. The van der Waals surface area contributed by atoms with Crippen LogP contribution in [-0.2, 0) is 12.6 Å². The molecule has 0 saturated carbocycles. The molecule has 4 aliphatic heterocycles. The number of terminal acetylenes is 1. The average Bonchev–Trinajstić information content (AvgIpc) is 3.78. The van der Waals surface area contributed by atoms with Crippen LogP contribution in [0.3, 0.4) is 0 Å². The van der Waals surface area contributed by atoms with Gasteiger partial charge in [0.25, 0.3) is 0 Å². The van der Waals surface area contributed by atoms with Crippen LogP contribution in [0.25, 0.3) is 32.9 Å². The van der Waals surface area contributed by atoms with E-state index >= 15 is 8.78 Å². The minimum absolute atomic E-state index is 0.0370. The fraction of sp³-hybridized carbons (Fsp3) is 0.452. The zero-order valence-corrected chi connectivity index (χ0v) is 31.4. The van der Waals surface area contributed by atoms with E-state index in [0.717, 1.165) is 70.4 Å². The number of nitrogens with one attached hydrogen (secondary N) is 1. The van der Waals surface area contributed by atoms with Crippen LogP contribution in [0.15, 0.2) is 42.7 Å². The lowest BCUT2D eigenvalue weighted by Crippen LogP contribution is -2.57. The zero-order valence-electron chi connectivity index (χ0n) is 31.4. The van der Waals surface area contributed by atoms with Gasteiger partial charge in [0, 0.05) is 48.2 Å². The average molecular weight is 785 g/mol. The minimum Gasteiger partial charge on any atom is -0.476 e. The molecule has 0 amide bonds. The third-order valence-corrected chi connectivity index (χ3v) is 12.3. The number of anilines is 1. The van der Waals surface area contributed by atoms with Crippen LogP contribution in [0.2, 0.25) is 0 Å². The Morgan fingerprint density at radius 2 is 1.89 bits per heavy atom. The van der Waals surface area contributed by atoms with Gasteiger partial charge in [-0.25, -0.2) is 23.7 Å². The summed E-state index contributed by atoms with van der Waals surface area (Å²) in [7, 11) is 0. The Labute approximate surface area is 326 Å². The Balaban J connectivity index is 1.09. The first kappa shape index (κ1) is 37.4. The van der Waals surface area contributed by atoms with Crippen LogP contribution in [0.1, 0.15) is 68.8 Å². The van der Waals surface area contributed by atoms with E-state index in [4.69, 9.17) is 30.8 Å². The van der Waals surface area contributed by atoms with E-state index in [1.807, 2.05) is 6.07 Å². The SMILES string of the molecule is C#Cc1c(F)ccc2cccc(-c3nc4c5c(nc(OC[C@@]67CCCN6[C@H](COc6cc(C(F)(F)F)ncn6)CC7)nc5c3F)N3C[C@@H](CC)NC[C@H]3CCC4)c12. The Morgan fingerprint density at radius 1 is 1.02 bits per heavy atom. The van der Waals surface area contributed by atoms with Crippen LogP contribution < -0.4 is 19.7 Å². The lowest BCUT2D eigenvalue weighted by molar-refractivity contribution is -0.141. The maximum absolute atomic E-state index is 17.4. The number of fused-ring (bicyclic) bond motifs is 4. The Kier molecular flexibility index (Phi) is 9.59. The standard InChI is InChI=1S/C42H41F5N8O2/c1-3-25-20-54-26(19-48-25)9-6-11-31-35-38(36(44)37(51-31)29-10-5-8-24-12-13-30(43)28(4-2)34(24)29)52-40(53-39(35)54)57-22-41-15-7-17-55(41)27(14-16-41)21-56-33-18-32(42(45,46)47)49-23-50-33/h2,5,8,10,12-13,18,23,25-27,48H,3,6-7,9,11,14-17,19-22H2,1H3/t25-,26-,27+,41+/m1/s1. The topological polar surface area (TPSA) is 101 Å². The Bertz CT molecular complexity index is 2410. The van der Waals surface area contributed by atoms with E-state index in [1.54, 1.807) is 18.2 Å². The van der Waals surface area contributed by atoms with E-state index < -0.39 is 29.0 Å². The highest BCUT2D eigenvalue weighted by molar-refractivity contribution is 6.02. The first-order valence-electron chi connectivity index (χ1n) is 19.6. The summed E-state index contributed by atoms with van der Waals surface area (Å²) in [6.07, 6.45) is 8.44. The summed E-state index contributed by atoms with van der Waals surface area (Å²) in [4.78, 5) is 26.6. The number of rotatable bonds is 8. The lowest BCUT2D eigenvalue weighted by atomic mass is 9.94. The van der Waals surface area contributed by atoms with Crippen molar-refractivity contribution in [3.8, 4) is 35.5 Å². The Hall–Kier alpha value is -5.20. The van der Waals surface area contributed by atoms with Gasteiger partial charge in [-0.3, -0.25) is 4.90 Å². The van der Waals surface area contributed by atoms with Gasteiger partial charge in [0.1, 0.15) is 42.4 Å². The smallest absolute Gasteiger partial charge is 0.433 e. The van der Waals surface area contributed by atoms with E-state index in [1.165, 1.54) is 6.07 Å². The molecule has 15 heteroatoms. The molecule has 2 aromatic carbocycles. The van der Waals surface area contributed by atoms with Crippen molar-refractivity contribution in [3.05, 3.63) is 71.3 Å². The van der Waals surface area contributed by atoms with Crippen LogP contribution in [0, 0.1) is 24.0 Å². The second-order valence-corrected chi connectivity index (χ2v) is 15.5. The highest BCUT2D eigenvalue weighted by Gasteiger charge is 2.50. The highest BCUT2D eigenvalue weighted by Crippen LogP contribution is 2.44. The molecule has 57 heavy (non-hydrogen) atoms. The van der Waals surface area contributed by atoms with Gasteiger partial charge < -0.3 is 19.7 Å². The number of hydrogen-bond donors (Lipinski definition) is 1. The number of benzene rings is 2. The maximum Gasteiger partial charge on any atom is 0.433 e. The van der Waals surface area contributed by atoms with Crippen LogP contribution >= 0.6 is 0 Å². The van der Waals surface area contributed by atoms with Gasteiger partial charge in [-0.15, -0.1) is 6.42 Å². The molecule has 7 heterocycles. The molecule has 5 aromatic rings. The van der Waals surface area contributed by atoms with E-state index in [2.05, 4.69) is 37.9 Å². The molecule has 296 valence electrons. The van der Waals surface area contributed by atoms with Crippen molar-refractivity contribution in [2.24, 2.45) is 0 Å². The number of piperazine rings is 1. The summed E-state index contributed by atoms with van der Waals surface area (Å²) < 4.78 is 84.6. The molecule has 4 atom stereocenters. The zero-order chi connectivity index (χ0) is 39.5. The highest BCUT2D eigenvalue weighted by atomic mass is 19.4. The van der Waals surface area contributed by atoms with Crippen molar-refractivity contribution >= 4 is 27.5 Å². The third kappa shape index (κ3) is 6.66. The van der Waals surface area contributed by atoms with Crippen LogP contribution in [-0.4, -0.2) is 86.3 Å². The fourth-order valence-electron chi connectivity index (χ4n) is 9.43. The van der Waals surface area contributed by atoms with Gasteiger partial charge in [-0.2, -0.15) is 23.1 Å². The number of alkyl halides is 3. The summed E-state index contributed by atoms with van der Waals surface area (Å²) in [6.45, 7) is 4.69. The second-order valence-electron chi connectivity index (χ2n) is 15.5. The fourth-order valence-corrected chi connectivity index (χ4v) is 9.43. The van der Waals surface area contributed by atoms with Crippen molar-refractivity contribution in [2.45, 2.75) is 88.1 Å². The predicted octanol–water partition coefficient (Wildman–Crippen LogP) is 7.26. The number of hydrogen-bond acceptors (Lipinski definition) is 10. The molecule has 9 rings (SSSR count). The monoisotopic (exact) mass is 784 g/mol. The van der Waals surface area contributed by atoms with E-state index in [9.17, 15) is 13.2 Å². The van der Waals surface area contributed by atoms with Crippen molar-refractivity contribution in [2.75, 3.05) is 37.7 Å². The third-order valence-electron chi connectivity index (χ3n) is 12.3. The molecule has 0 radical (unpaired) electrons. The second kappa shape index (κ2) is 14.6. The lowest BCUT2D eigenvalue weighted by Gasteiger charge is -2.42. The van der Waals surface area contributed by atoms with Crippen molar-refractivity contribution in [3.63, 3.8) is 0 Å². The molecule has 0 unspecified atom stereocenters. The molecule has 0 spiro atoms. The molecule has 3 saturated heterocycles. The van der Waals surface area contributed by atoms with Gasteiger partial charge >= 0.3 is 12.2 Å². The number of aromatic nitrogens is 5. The van der Waals surface area contributed by atoms with Gasteiger partial charge in [0.15, 0.2) is 11.5 Å². The van der Waals surface area contributed by atoms with Crippen LogP contribution in [0.5, 0.6) is 11.9 Å². The van der Waals surface area contributed by atoms with Gasteiger partial charge in [-0.05, 0) is 69.4 Å². The normalized spacial score (nSPS) is 23.5. The van der Waals surface area contributed by atoms with Crippen molar-refractivity contribution in [1.29, 1.82) is 0 Å². The summed E-state index contributed by atoms with van der Waals surface area (Å²) >= 11 is 0. The summed E-state index contributed by atoms with van der Waals surface area (Å²) in [6, 6.07) is 9.34. The van der Waals surface area contributed by atoms with Gasteiger partial charge in [0.05, 0.1) is 22.2 Å². The quantitative estimate of drug-likeness (QED) is 0.128. The Morgan fingerprint density at radius 3 is 2.72 bits per heavy atom. The maximum atomic E-state index is 17.4. The molecular weight excluding hydrogens is 744 g/mol. The van der Waals surface area contributed by atoms with Gasteiger partial charge in [0.2, 0.25) is 5.88 Å². The first-order valence-corrected chi connectivity index (χ1v) is 19.6. The number of pyridine rings is 1. The van der Waals surface area contributed by atoms with Crippen molar-refractivity contribution in [1.82, 2.24) is 35.1 Å². The van der Waals surface area contributed by atoms with E-state index in [0.29, 0.717) is 46.2 Å². The number of halogens is 5. The first-order chi connectivity index (χ1) is 27.6. The molecule has 10 nitrogen and oxygen atoms in total. The number of aryl methyl sites for hydroxylation is 1. The minimum atomic E-state index is -4.61. The van der Waals surface area contributed by atoms with E-state index in [-0.39, 0.29) is 60.0 Å². The molecule has 0 aliphatic carbocycles. The molecule has 0 bridgehead atoms.